The van der Waals surface area contributed by atoms with E-state index in [1.54, 1.807) is 7.11 Å². The lowest BCUT2D eigenvalue weighted by Crippen LogP contribution is -2.39. The van der Waals surface area contributed by atoms with Crippen LogP contribution in [0.15, 0.2) is 0 Å². The number of hydrogen-bond donors (Lipinski definition) is 3. The van der Waals surface area contributed by atoms with E-state index in [1.165, 1.54) is 0 Å². The predicted octanol–water partition coefficient (Wildman–Crippen LogP) is -0.745. The van der Waals surface area contributed by atoms with E-state index in [1.807, 2.05) is 0 Å². The second-order valence-corrected chi connectivity index (χ2v) is 4.52. The Balaban J connectivity index is 2.06. The van der Waals surface area contributed by atoms with Crippen LogP contribution in [0, 0.1) is 5.92 Å². The number of methoxy groups -OCH3 is 1. The largest absolute Gasteiger partial charge is 0.383 e. The first-order valence-electron chi connectivity index (χ1n) is 6.45. The molecule has 0 aromatic carbocycles. The third-order valence-corrected chi connectivity index (χ3v) is 3.01. The Bertz CT molecular complexity index is 265. The molecule has 0 spiro atoms. The molecule has 0 atom stereocenters. The van der Waals surface area contributed by atoms with Crippen molar-refractivity contribution in [3.8, 4) is 0 Å². The van der Waals surface area contributed by atoms with E-state index in [2.05, 4.69) is 16.0 Å². The number of carbonyl (C=O) groups excluding carboxylic acids is 2. The molecule has 1 saturated heterocycles. The Kier molecular flexibility index (Phi) is 7.36. The van der Waals surface area contributed by atoms with E-state index in [0.717, 1.165) is 25.9 Å². The van der Waals surface area contributed by atoms with Crippen molar-refractivity contribution in [2.75, 3.05) is 39.9 Å². The molecule has 0 radical (unpaired) electrons. The molecule has 0 aliphatic carbocycles. The maximum Gasteiger partial charge on any atom is 0.239 e. The van der Waals surface area contributed by atoms with Crippen molar-refractivity contribution >= 4 is 11.8 Å². The quantitative estimate of drug-likeness (QED) is 0.525. The van der Waals surface area contributed by atoms with Gasteiger partial charge in [0.15, 0.2) is 0 Å². The van der Waals surface area contributed by atoms with Gasteiger partial charge in [-0.05, 0) is 31.8 Å². The van der Waals surface area contributed by atoms with Crippen LogP contribution in [0.5, 0.6) is 0 Å². The Morgan fingerprint density at radius 3 is 2.61 bits per heavy atom. The molecule has 1 heterocycles. The maximum absolute atomic E-state index is 11.6. The van der Waals surface area contributed by atoms with Crippen LogP contribution in [0.4, 0.5) is 0 Å². The summed E-state index contributed by atoms with van der Waals surface area (Å²) in [6.07, 6.45) is 2.59. The summed E-state index contributed by atoms with van der Waals surface area (Å²) in [5, 5.41) is 8.56. The van der Waals surface area contributed by atoms with Crippen LogP contribution in [0.25, 0.3) is 0 Å². The van der Waals surface area contributed by atoms with Crippen LogP contribution in [-0.4, -0.2) is 51.7 Å². The number of amides is 2. The standard InChI is InChI=1S/C12H23N3O3/c1-18-7-6-14-12(17)9-15-11(16)8-10-2-4-13-5-3-10/h10,13H,2-9H2,1H3,(H,14,17)(H,15,16). The molecule has 6 nitrogen and oxygen atoms in total. The summed E-state index contributed by atoms with van der Waals surface area (Å²) in [4.78, 5) is 22.9. The molecule has 1 rings (SSSR count). The van der Waals surface area contributed by atoms with Crippen molar-refractivity contribution in [3.63, 3.8) is 0 Å². The average molecular weight is 257 g/mol. The van der Waals surface area contributed by atoms with Crippen molar-refractivity contribution in [2.45, 2.75) is 19.3 Å². The normalized spacial score (nSPS) is 16.3. The zero-order chi connectivity index (χ0) is 13.2. The summed E-state index contributed by atoms with van der Waals surface area (Å²) in [6.45, 7) is 2.96. The van der Waals surface area contributed by atoms with Gasteiger partial charge in [-0.3, -0.25) is 9.59 Å². The smallest absolute Gasteiger partial charge is 0.239 e. The molecule has 1 aliphatic rings. The molecule has 1 aliphatic heterocycles. The molecule has 0 unspecified atom stereocenters. The van der Waals surface area contributed by atoms with E-state index >= 15 is 0 Å². The average Bonchev–Trinajstić information content (AvgIpc) is 2.38. The second-order valence-electron chi connectivity index (χ2n) is 4.52. The van der Waals surface area contributed by atoms with Gasteiger partial charge in [0, 0.05) is 20.1 Å². The predicted molar refractivity (Wildman–Crippen MR) is 68.1 cm³/mol. The van der Waals surface area contributed by atoms with E-state index in [-0.39, 0.29) is 18.4 Å². The van der Waals surface area contributed by atoms with Crippen molar-refractivity contribution < 1.29 is 14.3 Å². The lowest BCUT2D eigenvalue weighted by molar-refractivity contribution is -0.126. The number of carbonyl (C=O) groups is 2. The first-order valence-corrected chi connectivity index (χ1v) is 6.45. The summed E-state index contributed by atoms with van der Waals surface area (Å²) in [6, 6.07) is 0. The van der Waals surface area contributed by atoms with Gasteiger partial charge < -0.3 is 20.7 Å². The number of hydrogen-bond acceptors (Lipinski definition) is 4. The van der Waals surface area contributed by atoms with E-state index < -0.39 is 0 Å². The fourth-order valence-electron chi connectivity index (χ4n) is 1.95. The molecule has 0 aromatic rings. The van der Waals surface area contributed by atoms with Crippen LogP contribution in [0.1, 0.15) is 19.3 Å². The minimum atomic E-state index is -0.175. The minimum Gasteiger partial charge on any atom is -0.383 e. The van der Waals surface area contributed by atoms with Crippen LogP contribution >= 0.6 is 0 Å². The van der Waals surface area contributed by atoms with Gasteiger partial charge in [-0.15, -0.1) is 0 Å². The van der Waals surface area contributed by atoms with Crippen LogP contribution in [0.3, 0.4) is 0 Å². The molecule has 6 heteroatoms. The van der Waals surface area contributed by atoms with Gasteiger partial charge >= 0.3 is 0 Å². The monoisotopic (exact) mass is 257 g/mol. The van der Waals surface area contributed by atoms with E-state index in [9.17, 15) is 9.59 Å². The first kappa shape index (κ1) is 14.9. The molecule has 0 bridgehead atoms. The molecule has 0 saturated carbocycles. The number of nitrogens with one attached hydrogen (secondary N) is 3. The number of piperidine rings is 1. The highest BCUT2D eigenvalue weighted by molar-refractivity contribution is 5.84. The molecule has 2 amide bonds. The zero-order valence-corrected chi connectivity index (χ0v) is 11.0. The number of ether oxygens (including phenoxy) is 1. The Labute approximate surface area is 108 Å². The maximum atomic E-state index is 11.6. The van der Waals surface area contributed by atoms with Gasteiger partial charge in [0.2, 0.25) is 11.8 Å². The zero-order valence-electron chi connectivity index (χ0n) is 11.0. The van der Waals surface area contributed by atoms with Crippen molar-refractivity contribution in [2.24, 2.45) is 5.92 Å². The highest BCUT2D eigenvalue weighted by Gasteiger charge is 2.16. The Morgan fingerprint density at radius 2 is 1.94 bits per heavy atom. The van der Waals surface area contributed by atoms with Crippen molar-refractivity contribution in [1.29, 1.82) is 0 Å². The second kappa shape index (κ2) is 8.88. The summed E-state index contributed by atoms with van der Waals surface area (Å²) < 4.78 is 4.81. The third-order valence-electron chi connectivity index (χ3n) is 3.01. The molecule has 104 valence electrons. The highest BCUT2D eigenvalue weighted by atomic mass is 16.5. The first-order chi connectivity index (χ1) is 8.72. The number of rotatable bonds is 7. The molecular weight excluding hydrogens is 234 g/mol. The summed E-state index contributed by atoms with van der Waals surface area (Å²) in [5.74, 6) is 0.234. The minimum absolute atomic E-state index is 0.0382. The molecular formula is C12H23N3O3. The lowest BCUT2D eigenvalue weighted by Gasteiger charge is -2.21. The van der Waals surface area contributed by atoms with Crippen LogP contribution in [-0.2, 0) is 14.3 Å². The van der Waals surface area contributed by atoms with Crippen LogP contribution in [0.2, 0.25) is 0 Å². The SMILES string of the molecule is COCCNC(=O)CNC(=O)CC1CCNCC1. The van der Waals surface area contributed by atoms with E-state index in [0.29, 0.717) is 25.5 Å². The van der Waals surface area contributed by atoms with E-state index in [4.69, 9.17) is 4.74 Å². The van der Waals surface area contributed by atoms with Crippen LogP contribution < -0.4 is 16.0 Å². The summed E-state index contributed by atoms with van der Waals surface area (Å²) in [5.41, 5.74) is 0. The fraction of sp³-hybridized carbons (Fsp3) is 0.833. The van der Waals surface area contributed by atoms with Gasteiger partial charge in [0.1, 0.15) is 0 Å². The van der Waals surface area contributed by atoms with Gasteiger partial charge in [-0.25, -0.2) is 0 Å². The Hall–Kier alpha value is -1.14. The lowest BCUT2D eigenvalue weighted by atomic mass is 9.94. The summed E-state index contributed by atoms with van der Waals surface area (Å²) >= 11 is 0. The van der Waals surface area contributed by atoms with Gasteiger partial charge in [0.25, 0.3) is 0 Å². The van der Waals surface area contributed by atoms with Crippen molar-refractivity contribution in [1.82, 2.24) is 16.0 Å². The Morgan fingerprint density at radius 1 is 1.22 bits per heavy atom. The van der Waals surface area contributed by atoms with Gasteiger partial charge in [-0.2, -0.15) is 0 Å². The third kappa shape index (κ3) is 6.56. The van der Waals surface area contributed by atoms with Gasteiger partial charge in [-0.1, -0.05) is 0 Å². The fourth-order valence-corrected chi connectivity index (χ4v) is 1.95. The molecule has 18 heavy (non-hydrogen) atoms. The molecule has 3 N–H and O–H groups in total. The summed E-state index contributed by atoms with van der Waals surface area (Å²) in [7, 11) is 1.58. The van der Waals surface area contributed by atoms with Crippen molar-refractivity contribution in [3.05, 3.63) is 0 Å². The molecule has 1 fully saturated rings. The topological polar surface area (TPSA) is 79.5 Å². The van der Waals surface area contributed by atoms with Gasteiger partial charge in [0.05, 0.1) is 13.2 Å². The molecule has 0 aromatic heterocycles. The highest BCUT2D eigenvalue weighted by Crippen LogP contribution is 2.15.